The number of nitrogens with one attached hydrogen (secondary N) is 1. The van der Waals surface area contributed by atoms with E-state index in [4.69, 9.17) is 14.2 Å². The number of nitrogens with zero attached hydrogens (tertiary/aromatic N) is 1. The van der Waals surface area contributed by atoms with Gasteiger partial charge in [0.15, 0.2) is 6.79 Å². The van der Waals surface area contributed by atoms with Gasteiger partial charge in [0.25, 0.3) is 5.69 Å². The number of benzene rings is 1. The van der Waals surface area contributed by atoms with Crippen molar-refractivity contribution in [3.05, 3.63) is 62.5 Å². The van der Waals surface area contributed by atoms with Gasteiger partial charge in [-0.1, -0.05) is 25.5 Å². The molecule has 1 aromatic carbocycles. The number of unbranched alkanes of at least 4 members (excludes halogenated alkanes) is 1. The van der Waals surface area contributed by atoms with Crippen LogP contribution in [0.25, 0.3) is 0 Å². The lowest BCUT2D eigenvalue weighted by molar-refractivity contribution is -0.384. The van der Waals surface area contributed by atoms with Gasteiger partial charge in [-0.25, -0.2) is 9.59 Å². The fourth-order valence-corrected chi connectivity index (χ4v) is 3.27. The first kappa shape index (κ1) is 23.1. The van der Waals surface area contributed by atoms with Gasteiger partial charge in [0, 0.05) is 23.5 Å². The third-order valence-corrected chi connectivity index (χ3v) is 4.72. The minimum absolute atomic E-state index is 0.152. The Kier molecular flexibility index (Phi) is 8.11. The summed E-state index contributed by atoms with van der Waals surface area (Å²) >= 11 is 0. The number of non-ortho nitro benzene ring substituents is 1. The number of esters is 2. The van der Waals surface area contributed by atoms with Crippen molar-refractivity contribution in [2.45, 2.75) is 39.5 Å². The number of hydrogen-bond donors (Lipinski definition) is 1. The molecule has 1 atom stereocenters. The van der Waals surface area contributed by atoms with E-state index in [1.807, 2.05) is 6.92 Å². The molecule has 0 radical (unpaired) electrons. The SMILES string of the molecule is CCCCOCOC(=O)C1=C(C)NC(C)=C(C(=O)OC)C1c1cccc([N+](=O)[O-])c1. The molecule has 0 bridgehead atoms. The van der Waals surface area contributed by atoms with Crippen molar-refractivity contribution in [3.8, 4) is 0 Å². The molecule has 1 unspecified atom stereocenters. The molecule has 9 heteroatoms. The lowest BCUT2D eigenvalue weighted by Crippen LogP contribution is -2.32. The lowest BCUT2D eigenvalue weighted by Gasteiger charge is -2.30. The van der Waals surface area contributed by atoms with Gasteiger partial charge in [0.05, 0.1) is 35.7 Å². The molecule has 0 fully saturated rings. The normalized spacial score (nSPS) is 16.2. The average Bonchev–Trinajstić information content (AvgIpc) is 2.72. The van der Waals surface area contributed by atoms with E-state index < -0.39 is 22.8 Å². The van der Waals surface area contributed by atoms with E-state index in [9.17, 15) is 19.7 Å². The molecule has 0 saturated carbocycles. The van der Waals surface area contributed by atoms with E-state index in [0.717, 1.165) is 12.8 Å². The highest BCUT2D eigenvalue weighted by Gasteiger charge is 2.38. The minimum atomic E-state index is -0.887. The molecule has 1 heterocycles. The van der Waals surface area contributed by atoms with Gasteiger partial charge >= 0.3 is 11.9 Å². The number of methoxy groups -OCH3 is 1. The molecule has 0 saturated heterocycles. The average molecular weight is 418 g/mol. The number of rotatable bonds is 9. The van der Waals surface area contributed by atoms with E-state index >= 15 is 0 Å². The maximum absolute atomic E-state index is 12.9. The Morgan fingerprint density at radius 2 is 1.83 bits per heavy atom. The Bertz CT molecular complexity index is 889. The van der Waals surface area contributed by atoms with Gasteiger partial charge in [-0.15, -0.1) is 0 Å². The highest BCUT2D eigenvalue weighted by molar-refractivity contribution is 5.99. The number of carbonyl (C=O) groups excluding carboxylic acids is 2. The minimum Gasteiger partial charge on any atom is -0.466 e. The zero-order chi connectivity index (χ0) is 22.3. The third kappa shape index (κ3) is 5.24. The quantitative estimate of drug-likeness (QED) is 0.213. The van der Waals surface area contributed by atoms with E-state index in [1.54, 1.807) is 19.9 Å². The maximum atomic E-state index is 12.9. The summed E-state index contributed by atoms with van der Waals surface area (Å²) in [6.45, 7) is 5.60. The van der Waals surface area contributed by atoms with Crippen LogP contribution >= 0.6 is 0 Å². The summed E-state index contributed by atoms with van der Waals surface area (Å²) in [5, 5.41) is 14.3. The third-order valence-electron chi connectivity index (χ3n) is 4.72. The first-order chi connectivity index (χ1) is 14.3. The second-order valence-electron chi connectivity index (χ2n) is 6.79. The number of carbonyl (C=O) groups is 2. The van der Waals surface area contributed by atoms with E-state index in [-0.39, 0.29) is 23.6 Å². The number of allylic oxidation sites excluding steroid dienone is 2. The number of nitro benzene ring substituents is 1. The molecule has 9 nitrogen and oxygen atoms in total. The Morgan fingerprint density at radius 1 is 1.17 bits per heavy atom. The summed E-state index contributed by atoms with van der Waals surface area (Å²) in [5.41, 5.74) is 1.58. The Morgan fingerprint density at radius 3 is 2.43 bits per heavy atom. The van der Waals surface area contributed by atoms with Crippen LogP contribution in [0.1, 0.15) is 45.1 Å². The van der Waals surface area contributed by atoms with Crippen molar-refractivity contribution in [1.29, 1.82) is 0 Å². The van der Waals surface area contributed by atoms with Crippen LogP contribution in [0.5, 0.6) is 0 Å². The zero-order valence-electron chi connectivity index (χ0n) is 17.5. The van der Waals surface area contributed by atoms with Gasteiger partial charge in [0.2, 0.25) is 0 Å². The fraction of sp³-hybridized carbons (Fsp3) is 0.429. The molecule has 0 spiro atoms. The van der Waals surface area contributed by atoms with Crippen LogP contribution in [0.2, 0.25) is 0 Å². The monoisotopic (exact) mass is 418 g/mol. The van der Waals surface area contributed by atoms with Gasteiger partial charge in [-0.05, 0) is 25.8 Å². The van der Waals surface area contributed by atoms with Crippen molar-refractivity contribution in [2.24, 2.45) is 0 Å². The van der Waals surface area contributed by atoms with Crippen LogP contribution in [0.3, 0.4) is 0 Å². The molecule has 0 amide bonds. The van der Waals surface area contributed by atoms with Crippen LogP contribution in [0, 0.1) is 10.1 Å². The van der Waals surface area contributed by atoms with Crippen LogP contribution in [-0.2, 0) is 23.8 Å². The number of ether oxygens (including phenoxy) is 3. The molecular formula is C21H26N2O7. The number of nitro groups is 1. The number of dihydropyridines is 1. The first-order valence-electron chi connectivity index (χ1n) is 9.57. The van der Waals surface area contributed by atoms with Crippen LogP contribution in [-0.4, -0.2) is 37.4 Å². The molecule has 0 aromatic heterocycles. The number of hydrogen-bond acceptors (Lipinski definition) is 8. The van der Waals surface area contributed by atoms with Crippen molar-refractivity contribution < 1.29 is 28.7 Å². The van der Waals surface area contributed by atoms with E-state index in [2.05, 4.69) is 5.32 Å². The second-order valence-corrected chi connectivity index (χ2v) is 6.79. The zero-order valence-corrected chi connectivity index (χ0v) is 17.5. The molecule has 1 aliphatic rings. The van der Waals surface area contributed by atoms with Crippen LogP contribution < -0.4 is 5.32 Å². The molecule has 1 aromatic rings. The van der Waals surface area contributed by atoms with Crippen LogP contribution in [0.15, 0.2) is 46.8 Å². The Labute approximate surface area is 174 Å². The summed E-state index contributed by atoms with van der Waals surface area (Å²) < 4.78 is 15.5. The van der Waals surface area contributed by atoms with E-state index in [0.29, 0.717) is 23.6 Å². The Hall–Kier alpha value is -3.20. The summed E-state index contributed by atoms with van der Waals surface area (Å²) in [4.78, 5) is 36.1. The summed E-state index contributed by atoms with van der Waals surface area (Å²) in [6, 6.07) is 5.81. The molecule has 30 heavy (non-hydrogen) atoms. The summed E-state index contributed by atoms with van der Waals surface area (Å²) in [7, 11) is 1.23. The predicted octanol–water partition coefficient (Wildman–Crippen LogP) is 3.32. The first-order valence-corrected chi connectivity index (χ1v) is 9.57. The fourth-order valence-electron chi connectivity index (χ4n) is 3.27. The molecule has 162 valence electrons. The smallest absolute Gasteiger partial charge is 0.338 e. The molecule has 1 N–H and O–H groups in total. The highest BCUT2D eigenvalue weighted by Crippen LogP contribution is 2.40. The largest absolute Gasteiger partial charge is 0.466 e. The second kappa shape index (κ2) is 10.5. The maximum Gasteiger partial charge on any atom is 0.338 e. The van der Waals surface area contributed by atoms with Crippen molar-refractivity contribution in [3.63, 3.8) is 0 Å². The van der Waals surface area contributed by atoms with E-state index in [1.165, 1.54) is 25.3 Å². The van der Waals surface area contributed by atoms with Gasteiger partial charge in [0.1, 0.15) is 0 Å². The topological polar surface area (TPSA) is 117 Å². The summed E-state index contributed by atoms with van der Waals surface area (Å²) in [6.07, 6.45) is 1.79. The lowest BCUT2D eigenvalue weighted by atomic mass is 9.80. The standard InChI is InChI=1S/C21H26N2O7/c1-5-6-10-29-12-30-21(25)18-14(3)22-13(2)17(20(24)28-4)19(18)15-8-7-9-16(11-15)23(26)27/h7-9,11,19,22H,5-6,10,12H2,1-4H3. The van der Waals surface area contributed by atoms with Crippen LogP contribution in [0.4, 0.5) is 5.69 Å². The van der Waals surface area contributed by atoms with Gasteiger partial charge < -0.3 is 19.5 Å². The predicted molar refractivity (Wildman–Crippen MR) is 108 cm³/mol. The molecule has 1 aliphatic heterocycles. The van der Waals surface area contributed by atoms with Crippen molar-refractivity contribution >= 4 is 17.6 Å². The highest BCUT2D eigenvalue weighted by atomic mass is 16.7. The van der Waals surface area contributed by atoms with Crippen molar-refractivity contribution in [2.75, 3.05) is 20.5 Å². The van der Waals surface area contributed by atoms with Crippen molar-refractivity contribution in [1.82, 2.24) is 5.32 Å². The molecular weight excluding hydrogens is 392 g/mol. The Balaban J connectivity index is 2.46. The molecule has 0 aliphatic carbocycles. The van der Waals surface area contributed by atoms with Gasteiger partial charge in [-0.2, -0.15) is 0 Å². The summed E-state index contributed by atoms with van der Waals surface area (Å²) in [5.74, 6) is -2.21. The van der Waals surface area contributed by atoms with Gasteiger partial charge in [-0.3, -0.25) is 10.1 Å². The molecule has 2 rings (SSSR count).